The molecule has 3 aromatic heterocycles. The normalized spacial score (nSPS) is 11.5. The van der Waals surface area contributed by atoms with E-state index in [0.29, 0.717) is 17.5 Å². The molecule has 0 aliphatic carbocycles. The van der Waals surface area contributed by atoms with Crippen molar-refractivity contribution in [2.75, 3.05) is 0 Å². The van der Waals surface area contributed by atoms with E-state index in [0.717, 1.165) is 111 Å². The van der Waals surface area contributed by atoms with Crippen LogP contribution in [0.1, 0.15) is 0 Å². The molecule has 5 heteroatoms. The van der Waals surface area contributed by atoms with Gasteiger partial charge in [-0.05, 0) is 93.0 Å². The molecule has 0 atom stereocenters. The van der Waals surface area contributed by atoms with Gasteiger partial charge in [-0.3, -0.25) is 0 Å². The lowest BCUT2D eigenvalue weighted by Crippen LogP contribution is -2.01. The smallest absolute Gasteiger partial charge is 0.164 e. The summed E-state index contributed by atoms with van der Waals surface area (Å²) in [5, 5.41) is 4.39. The van der Waals surface area contributed by atoms with E-state index in [9.17, 15) is 0 Å². The summed E-state index contributed by atoms with van der Waals surface area (Å²) < 4.78 is 9.38. The fraction of sp³-hybridized carbons (Fsp3) is 0. The van der Waals surface area contributed by atoms with E-state index in [4.69, 9.17) is 19.4 Å². The molecule has 0 unspecified atom stereocenters. The van der Waals surface area contributed by atoms with Crippen LogP contribution in [-0.2, 0) is 0 Å². The van der Waals surface area contributed by atoms with Crippen LogP contribution in [0, 0.1) is 0 Å². The number of hydrogen-bond donors (Lipinski definition) is 0. The van der Waals surface area contributed by atoms with E-state index in [1.165, 1.54) is 0 Å². The van der Waals surface area contributed by atoms with E-state index in [1.54, 1.807) is 0 Å². The van der Waals surface area contributed by atoms with Crippen LogP contribution >= 0.6 is 0 Å². The number of aromatic nitrogens is 4. The van der Waals surface area contributed by atoms with E-state index in [1.807, 2.05) is 36.4 Å². The van der Waals surface area contributed by atoms with Crippen molar-refractivity contribution >= 4 is 43.7 Å². The summed E-state index contributed by atoms with van der Waals surface area (Å²) in [6.45, 7) is 0. The summed E-state index contributed by atoms with van der Waals surface area (Å²) in [6, 6.07) is 85.1. The highest BCUT2D eigenvalue weighted by Crippen LogP contribution is 2.45. The molecule has 13 aromatic rings. The Labute approximate surface area is 392 Å². The van der Waals surface area contributed by atoms with Gasteiger partial charge >= 0.3 is 0 Å². The van der Waals surface area contributed by atoms with Crippen LogP contribution in [-0.4, -0.2) is 19.5 Å². The Morgan fingerprint density at radius 2 is 0.838 bits per heavy atom. The van der Waals surface area contributed by atoms with Crippen molar-refractivity contribution in [3.8, 4) is 84.4 Å². The van der Waals surface area contributed by atoms with Gasteiger partial charge in [-0.1, -0.05) is 194 Å². The van der Waals surface area contributed by atoms with Crippen LogP contribution in [0.3, 0.4) is 0 Å². The van der Waals surface area contributed by atoms with E-state index in [-0.39, 0.29) is 0 Å². The lowest BCUT2D eigenvalue weighted by Gasteiger charge is -2.19. The molecule has 68 heavy (non-hydrogen) atoms. The Balaban J connectivity index is 1.07. The third-order valence-electron chi connectivity index (χ3n) is 13.1. The zero-order valence-electron chi connectivity index (χ0n) is 36.8. The van der Waals surface area contributed by atoms with Gasteiger partial charge in [0.15, 0.2) is 17.5 Å². The summed E-state index contributed by atoms with van der Waals surface area (Å²) in [4.78, 5) is 15.7. The first kappa shape index (κ1) is 39.2. The van der Waals surface area contributed by atoms with Gasteiger partial charge in [0, 0.05) is 38.5 Å². The van der Waals surface area contributed by atoms with Gasteiger partial charge in [0.25, 0.3) is 0 Å². The van der Waals surface area contributed by atoms with Gasteiger partial charge in [-0.2, -0.15) is 0 Å². The zero-order chi connectivity index (χ0) is 45.0. The van der Waals surface area contributed by atoms with Gasteiger partial charge in [-0.25, -0.2) is 15.0 Å². The Hall–Kier alpha value is -9.19. The molecular formula is C63H40N4O. The van der Waals surface area contributed by atoms with Crippen LogP contribution in [0.15, 0.2) is 247 Å². The highest BCUT2D eigenvalue weighted by atomic mass is 16.3. The van der Waals surface area contributed by atoms with Gasteiger partial charge < -0.3 is 8.98 Å². The molecule has 0 amide bonds. The largest absolute Gasteiger partial charge is 0.455 e. The summed E-state index contributed by atoms with van der Waals surface area (Å²) in [5.74, 6) is 1.78. The molecular weight excluding hydrogens is 829 g/mol. The van der Waals surface area contributed by atoms with E-state index in [2.05, 4.69) is 211 Å². The topological polar surface area (TPSA) is 56.7 Å². The van der Waals surface area contributed by atoms with Crippen LogP contribution in [0.4, 0.5) is 0 Å². The lowest BCUT2D eigenvalue weighted by atomic mass is 9.85. The molecule has 0 saturated heterocycles. The SMILES string of the molecule is c1ccc(-c2nc(-c3ccccc3)nc(-c3cc(-c4c(-c5ccccc5)cccc4-c4ccccc4)ccc3-c3ccc4c(c3)oc3c4ccc4c3c3ccccc3n4-c3ccccc3)n2)cc1. The van der Waals surface area contributed by atoms with Crippen molar-refractivity contribution < 1.29 is 4.42 Å². The average Bonchev–Trinajstić information content (AvgIpc) is 3.97. The Morgan fingerprint density at radius 3 is 1.47 bits per heavy atom. The van der Waals surface area contributed by atoms with Gasteiger partial charge in [-0.15, -0.1) is 0 Å². The van der Waals surface area contributed by atoms with Gasteiger partial charge in [0.1, 0.15) is 11.2 Å². The van der Waals surface area contributed by atoms with Crippen molar-refractivity contribution in [3.63, 3.8) is 0 Å². The summed E-state index contributed by atoms with van der Waals surface area (Å²) >= 11 is 0. The second-order valence-electron chi connectivity index (χ2n) is 17.1. The molecule has 0 N–H and O–H groups in total. The third-order valence-corrected chi connectivity index (χ3v) is 13.1. The predicted octanol–water partition coefficient (Wildman–Crippen LogP) is 16.5. The quantitative estimate of drug-likeness (QED) is 0.153. The van der Waals surface area contributed by atoms with E-state index >= 15 is 0 Å². The first-order valence-electron chi connectivity index (χ1n) is 22.9. The number of furan rings is 1. The number of nitrogens with zero attached hydrogens (tertiary/aromatic N) is 4. The molecule has 0 fully saturated rings. The van der Waals surface area contributed by atoms with Crippen molar-refractivity contribution in [2.45, 2.75) is 0 Å². The van der Waals surface area contributed by atoms with E-state index < -0.39 is 0 Å². The van der Waals surface area contributed by atoms with Crippen molar-refractivity contribution in [2.24, 2.45) is 0 Å². The molecule has 0 bridgehead atoms. The van der Waals surface area contributed by atoms with Crippen LogP contribution in [0.25, 0.3) is 128 Å². The first-order valence-corrected chi connectivity index (χ1v) is 22.9. The first-order chi connectivity index (χ1) is 33.7. The number of hydrogen-bond acceptors (Lipinski definition) is 4. The van der Waals surface area contributed by atoms with Crippen LogP contribution in [0.5, 0.6) is 0 Å². The van der Waals surface area contributed by atoms with Crippen molar-refractivity contribution in [1.29, 1.82) is 0 Å². The Morgan fingerprint density at radius 1 is 0.309 bits per heavy atom. The molecule has 0 saturated carbocycles. The molecule has 318 valence electrons. The molecule has 0 aliphatic rings. The minimum atomic E-state index is 0.577. The molecule has 13 rings (SSSR count). The van der Waals surface area contributed by atoms with Crippen LogP contribution in [0.2, 0.25) is 0 Å². The average molecular weight is 869 g/mol. The predicted molar refractivity (Wildman–Crippen MR) is 279 cm³/mol. The minimum absolute atomic E-state index is 0.577. The van der Waals surface area contributed by atoms with Crippen LogP contribution < -0.4 is 0 Å². The maximum Gasteiger partial charge on any atom is 0.164 e. The summed E-state index contributed by atoms with van der Waals surface area (Å²) in [6.07, 6.45) is 0. The molecule has 10 aromatic carbocycles. The minimum Gasteiger partial charge on any atom is -0.455 e. The van der Waals surface area contributed by atoms with Gasteiger partial charge in [0.05, 0.1) is 16.4 Å². The number of benzene rings is 10. The third kappa shape index (κ3) is 6.68. The second-order valence-corrected chi connectivity index (χ2v) is 17.1. The molecule has 5 nitrogen and oxygen atoms in total. The number of rotatable bonds is 8. The molecule has 0 radical (unpaired) electrons. The molecule has 3 heterocycles. The Bertz CT molecular complexity index is 3880. The van der Waals surface area contributed by atoms with Gasteiger partial charge in [0.2, 0.25) is 0 Å². The fourth-order valence-corrected chi connectivity index (χ4v) is 9.95. The number of para-hydroxylation sites is 2. The van der Waals surface area contributed by atoms with Crippen molar-refractivity contribution in [3.05, 3.63) is 243 Å². The highest BCUT2D eigenvalue weighted by Gasteiger charge is 2.23. The molecule has 0 aliphatic heterocycles. The highest BCUT2D eigenvalue weighted by molar-refractivity contribution is 6.24. The summed E-state index contributed by atoms with van der Waals surface area (Å²) in [7, 11) is 0. The maximum atomic E-state index is 7.05. The molecule has 0 spiro atoms. The zero-order valence-corrected chi connectivity index (χ0v) is 36.8. The van der Waals surface area contributed by atoms with Crippen molar-refractivity contribution in [1.82, 2.24) is 19.5 Å². The number of fused-ring (bicyclic) bond motifs is 7. The monoisotopic (exact) mass is 868 g/mol. The second kappa shape index (κ2) is 16.4. The fourth-order valence-electron chi connectivity index (χ4n) is 9.95. The standard InChI is InChI=1S/C63H40N4O/c1-6-19-41(20-7-1)49-30-18-31-50(42-21-8-2-9-22-42)58(49)46-34-35-48(54(39-46)63-65-61(43-23-10-3-11-24-43)64-62(66-63)44-25-12-4-13-26-44)45-33-36-51-52-37-38-56-59(60(52)68-57(51)40-45)53-29-16-17-32-55(53)67(56)47-27-14-5-15-28-47/h1-40H. The summed E-state index contributed by atoms with van der Waals surface area (Å²) in [5.41, 5.74) is 16.4. The Kier molecular flexibility index (Phi) is 9.43. The maximum absolute atomic E-state index is 7.05. The lowest BCUT2D eigenvalue weighted by molar-refractivity contribution is 0.673.